The number of aromatic nitrogens is 2. The number of hydrogen-bond donors (Lipinski definition) is 1. The number of rotatable bonds is 5. The fourth-order valence-corrected chi connectivity index (χ4v) is 1.69. The Balaban J connectivity index is 2.22. The van der Waals surface area contributed by atoms with Crippen molar-refractivity contribution in [3.8, 4) is 17.0 Å². The molecule has 0 spiro atoms. The molecule has 0 radical (unpaired) electrons. The van der Waals surface area contributed by atoms with Gasteiger partial charge in [0, 0.05) is 11.8 Å². The number of hydrogen-bond acceptors (Lipinski definition) is 4. The lowest BCUT2D eigenvalue weighted by atomic mass is 10.1. The first-order valence-electron chi connectivity index (χ1n) is 6.03. The Bertz CT molecular complexity index is 497. The van der Waals surface area contributed by atoms with Crippen molar-refractivity contribution in [1.82, 2.24) is 15.3 Å². The van der Waals surface area contributed by atoms with Crippen LogP contribution in [0.1, 0.15) is 12.7 Å². The van der Waals surface area contributed by atoms with Gasteiger partial charge in [-0.1, -0.05) is 0 Å². The number of ether oxygens (including phenoxy) is 1. The van der Waals surface area contributed by atoms with E-state index in [2.05, 4.69) is 15.3 Å². The molecule has 0 aliphatic rings. The molecule has 0 aliphatic carbocycles. The van der Waals surface area contributed by atoms with Crippen LogP contribution in [-0.2, 0) is 6.54 Å². The minimum Gasteiger partial charge on any atom is -0.494 e. The quantitative estimate of drug-likeness (QED) is 0.875. The molecule has 18 heavy (non-hydrogen) atoms. The van der Waals surface area contributed by atoms with Gasteiger partial charge in [0.25, 0.3) is 0 Å². The molecule has 1 aromatic heterocycles. The summed E-state index contributed by atoms with van der Waals surface area (Å²) in [5.74, 6) is 1.68. The average Bonchev–Trinajstić information content (AvgIpc) is 2.41. The Morgan fingerprint density at radius 2 is 1.94 bits per heavy atom. The molecular formula is C14H17N3O. The number of nitrogens with one attached hydrogen (secondary N) is 1. The van der Waals surface area contributed by atoms with E-state index in [0.29, 0.717) is 13.2 Å². The van der Waals surface area contributed by atoms with Gasteiger partial charge in [-0.25, -0.2) is 9.97 Å². The third kappa shape index (κ3) is 3.05. The van der Waals surface area contributed by atoms with E-state index in [1.165, 1.54) is 0 Å². The van der Waals surface area contributed by atoms with Crippen LogP contribution < -0.4 is 10.1 Å². The van der Waals surface area contributed by atoms with Gasteiger partial charge in [0.1, 0.15) is 11.6 Å². The fourth-order valence-electron chi connectivity index (χ4n) is 1.69. The molecule has 1 N–H and O–H groups in total. The lowest BCUT2D eigenvalue weighted by molar-refractivity contribution is 0.340. The lowest BCUT2D eigenvalue weighted by Crippen LogP contribution is -2.09. The van der Waals surface area contributed by atoms with Crippen LogP contribution in [0.2, 0.25) is 0 Å². The van der Waals surface area contributed by atoms with Crippen molar-refractivity contribution in [1.29, 1.82) is 0 Å². The summed E-state index contributed by atoms with van der Waals surface area (Å²) in [5.41, 5.74) is 2.00. The summed E-state index contributed by atoms with van der Waals surface area (Å²) in [6.45, 7) is 3.33. The standard InChI is InChI=1S/C14H17N3O/c1-3-18-12-6-4-11(5-7-12)13-8-9-16-14(17-13)10-15-2/h4-9,15H,3,10H2,1-2H3. The van der Waals surface area contributed by atoms with E-state index in [9.17, 15) is 0 Å². The van der Waals surface area contributed by atoms with Gasteiger partial charge in [0.15, 0.2) is 0 Å². The van der Waals surface area contributed by atoms with Crippen LogP contribution in [0.5, 0.6) is 5.75 Å². The molecule has 0 bridgehead atoms. The van der Waals surface area contributed by atoms with Gasteiger partial charge in [-0.3, -0.25) is 0 Å². The maximum atomic E-state index is 5.42. The van der Waals surface area contributed by atoms with Crippen molar-refractivity contribution in [3.05, 3.63) is 42.4 Å². The molecule has 94 valence electrons. The summed E-state index contributed by atoms with van der Waals surface area (Å²) in [5, 5.41) is 3.04. The summed E-state index contributed by atoms with van der Waals surface area (Å²) in [6.07, 6.45) is 1.78. The summed E-state index contributed by atoms with van der Waals surface area (Å²) >= 11 is 0. The first-order chi connectivity index (χ1) is 8.83. The molecule has 0 unspecified atom stereocenters. The molecule has 1 heterocycles. The second-order valence-corrected chi connectivity index (χ2v) is 3.85. The maximum Gasteiger partial charge on any atom is 0.142 e. The van der Waals surface area contributed by atoms with Crippen LogP contribution >= 0.6 is 0 Å². The Hall–Kier alpha value is -1.94. The first kappa shape index (κ1) is 12.5. The second-order valence-electron chi connectivity index (χ2n) is 3.85. The van der Waals surface area contributed by atoms with Gasteiger partial charge in [-0.15, -0.1) is 0 Å². The SMILES string of the molecule is CCOc1ccc(-c2ccnc(CNC)n2)cc1. The smallest absolute Gasteiger partial charge is 0.142 e. The molecule has 0 atom stereocenters. The molecule has 2 aromatic rings. The van der Waals surface area contributed by atoms with Gasteiger partial charge in [0.2, 0.25) is 0 Å². The van der Waals surface area contributed by atoms with E-state index in [4.69, 9.17) is 4.74 Å². The number of benzene rings is 1. The second kappa shape index (κ2) is 6.12. The number of nitrogens with zero attached hydrogens (tertiary/aromatic N) is 2. The lowest BCUT2D eigenvalue weighted by Gasteiger charge is -2.06. The zero-order valence-corrected chi connectivity index (χ0v) is 10.7. The molecule has 0 fully saturated rings. The summed E-state index contributed by atoms with van der Waals surface area (Å²) < 4.78 is 5.42. The molecule has 4 heteroatoms. The van der Waals surface area contributed by atoms with E-state index in [-0.39, 0.29) is 0 Å². The van der Waals surface area contributed by atoms with Crippen LogP contribution in [0.3, 0.4) is 0 Å². The van der Waals surface area contributed by atoms with E-state index in [0.717, 1.165) is 22.8 Å². The van der Waals surface area contributed by atoms with Crippen molar-refractivity contribution < 1.29 is 4.74 Å². The monoisotopic (exact) mass is 243 g/mol. The first-order valence-corrected chi connectivity index (χ1v) is 6.03. The highest BCUT2D eigenvalue weighted by Crippen LogP contribution is 2.20. The van der Waals surface area contributed by atoms with Crippen LogP contribution in [0.15, 0.2) is 36.5 Å². The van der Waals surface area contributed by atoms with Crippen molar-refractivity contribution in [2.75, 3.05) is 13.7 Å². The highest BCUT2D eigenvalue weighted by Gasteiger charge is 2.02. The highest BCUT2D eigenvalue weighted by molar-refractivity contribution is 5.59. The van der Waals surface area contributed by atoms with E-state index in [1.54, 1.807) is 6.20 Å². The van der Waals surface area contributed by atoms with Crippen molar-refractivity contribution in [3.63, 3.8) is 0 Å². The minimum atomic E-state index is 0.671. The molecule has 4 nitrogen and oxygen atoms in total. The maximum absolute atomic E-state index is 5.42. The Morgan fingerprint density at radius 1 is 1.17 bits per heavy atom. The molecular weight excluding hydrogens is 226 g/mol. The normalized spacial score (nSPS) is 10.3. The average molecular weight is 243 g/mol. The van der Waals surface area contributed by atoms with Crippen molar-refractivity contribution in [2.24, 2.45) is 0 Å². The van der Waals surface area contributed by atoms with Gasteiger partial charge in [-0.2, -0.15) is 0 Å². The third-order valence-electron chi connectivity index (χ3n) is 2.50. The molecule has 0 amide bonds. The molecule has 1 aromatic carbocycles. The Morgan fingerprint density at radius 3 is 2.61 bits per heavy atom. The topological polar surface area (TPSA) is 47.0 Å². The van der Waals surface area contributed by atoms with Gasteiger partial charge in [-0.05, 0) is 44.3 Å². The molecule has 2 rings (SSSR count). The fraction of sp³-hybridized carbons (Fsp3) is 0.286. The van der Waals surface area contributed by atoms with Crippen molar-refractivity contribution in [2.45, 2.75) is 13.5 Å². The summed E-state index contributed by atoms with van der Waals surface area (Å²) in [6, 6.07) is 9.85. The summed E-state index contributed by atoms with van der Waals surface area (Å²) in [7, 11) is 1.88. The molecule has 0 saturated heterocycles. The van der Waals surface area contributed by atoms with E-state index < -0.39 is 0 Å². The molecule has 0 aliphatic heterocycles. The van der Waals surface area contributed by atoms with Crippen LogP contribution in [0.4, 0.5) is 0 Å². The van der Waals surface area contributed by atoms with Crippen LogP contribution in [0, 0.1) is 0 Å². The third-order valence-corrected chi connectivity index (χ3v) is 2.50. The zero-order chi connectivity index (χ0) is 12.8. The zero-order valence-electron chi connectivity index (χ0n) is 10.7. The molecule has 0 saturated carbocycles. The predicted molar refractivity (Wildman–Crippen MR) is 71.4 cm³/mol. The van der Waals surface area contributed by atoms with Crippen LogP contribution in [-0.4, -0.2) is 23.6 Å². The summed E-state index contributed by atoms with van der Waals surface area (Å²) in [4.78, 5) is 8.70. The Kier molecular flexibility index (Phi) is 4.25. The van der Waals surface area contributed by atoms with Crippen LogP contribution in [0.25, 0.3) is 11.3 Å². The van der Waals surface area contributed by atoms with Crippen molar-refractivity contribution >= 4 is 0 Å². The van der Waals surface area contributed by atoms with Gasteiger partial charge < -0.3 is 10.1 Å². The minimum absolute atomic E-state index is 0.671. The largest absolute Gasteiger partial charge is 0.494 e. The van der Waals surface area contributed by atoms with Gasteiger partial charge in [0.05, 0.1) is 18.8 Å². The van der Waals surface area contributed by atoms with Gasteiger partial charge >= 0.3 is 0 Å². The Labute approximate surface area is 107 Å². The highest BCUT2D eigenvalue weighted by atomic mass is 16.5. The van der Waals surface area contributed by atoms with E-state index >= 15 is 0 Å². The van der Waals surface area contributed by atoms with E-state index in [1.807, 2.05) is 44.3 Å². The predicted octanol–water partition coefficient (Wildman–Crippen LogP) is 2.26.